The van der Waals surface area contributed by atoms with E-state index in [-0.39, 0.29) is 13.0 Å². The summed E-state index contributed by atoms with van der Waals surface area (Å²) >= 11 is 0. The minimum absolute atomic E-state index is 0.204. The Balaban J connectivity index is 2.90. The number of nitrogens with zero attached hydrogens (tertiary/aromatic N) is 1. The van der Waals surface area contributed by atoms with Gasteiger partial charge in [-0.1, -0.05) is 0 Å². The van der Waals surface area contributed by atoms with Gasteiger partial charge in [-0.2, -0.15) is 8.78 Å². The Hall–Kier alpha value is -0.710. The molecule has 82 valence electrons. The zero-order chi connectivity index (χ0) is 11.0. The summed E-state index contributed by atoms with van der Waals surface area (Å²) in [5.74, 6) is -4.42. The van der Waals surface area contributed by atoms with Gasteiger partial charge in [-0.3, -0.25) is 4.79 Å². The zero-order valence-corrected chi connectivity index (χ0v) is 8.64. The second kappa shape index (κ2) is 3.46. The smallest absolute Gasteiger partial charge is 0.324 e. The van der Waals surface area contributed by atoms with Gasteiger partial charge in [0.25, 0.3) is 5.91 Å². The summed E-state index contributed by atoms with van der Waals surface area (Å²) in [6.45, 7) is 3.46. The number of rotatable bonds is 0. The second-order valence-corrected chi connectivity index (χ2v) is 3.97. The lowest BCUT2D eigenvalue weighted by Gasteiger charge is -2.39. The maximum atomic E-state index is 13.2. The Kier molecular flexibility index (Phi) is 2.81. The molecule has 1 aliphatic heterocycles. The third-order valence-corrected chi connectivity index (χ3v) is 2.52. The van der Waals surface area contributed by atoms with Crippen molar-refractivity contribution in [1.82, 2.24) is 4.90 Å². The molecule has 0 unspecified atom stereocenters. The van der Waals surface area contributed by atoms with Crippen LogP contribution in [0.4, 0.5) is 8.78 Å². The van der Waals surface area contributed by atoms with Crippen molar-refractivity contribution in [2.75, 3.05) is 13.7 Å². The number of carbonyl (C=O) groups is 1. The van der Waals surface area contributed by atoms with E-state index in [1.54, 1.807) is 13.8 Å². The van der Waals surface area contributed by atoms with Crippen molar-refractivity contribution >= 4 is 5.91 Å². The Morgan fingerprint density at radius 2 is 2.00 bits per heavy atom. The zero-order valence-electron chi connectivity index (χ0n) is 8.64. The molecule has 0 atom stereocenters. The van der Waals surface area contributed by atoms with E-state index in [0.29, 0.717) is 0 Å². The normalized spacial score (nSPS) is 26.9. The van der Waals surface area contributed by atoms with Crippen LogP contribution in [0.1, 0.15) is 26.7 Å². The standard InChI is InChI=1S/C9H15F2NO2/c1-8(2)12(3)7(13)9(10,11)5-4-6-14-8/h4-6H2,1-3H3. The van der Waals surface area contributed by atoms with Crippen LogP contribution in [0.2, 0.25) is 0 Å². The second-order valence-electron chi connectivity index (χ2n) is 3.97. The quantitative estimate of drug-likeness (QED) is 0.604. The molecule has 0 N–H and O–H groups in total. The summed E-state index contributed by atoms with van der Waals surface area (Å²) in [5.41, 5.74) is -0.957. The summed E-state index contributed by atoms with van der Waals surface area (Å²) in [7, 11) is 1.33. The molecule has 0 saturated carbocycles. The van der Waals surface area contributed by atoms with E-state index in [4.69, 9.17) is 4.74 Å². The fourth-order valence-electron chi connectivity index (χ4n) is 1.31. The topological polar surface area (TPSA) is 29.5 Å². The number of amides is 1. The molecule has 14 heavy (non-hydrogen) atoms. The maximum Gasteiger partial charge on any atom is 0.324 e. The third kappa shape index (κ3) is 2.03. The minimum Gasteiger partial charge on any atom is -0.356 e. The van der Waals surface area contributed by atoms with Crippen LogP contribution in [0, 0.1) is 0 Å². The maximum absolute atomic E-state index is 13.2. The Labute approximate surface area is 82.0 Å². The molecule has 3 nitrogen and oxygen atoms in total. The Morgan fingerprint density at radius 3 is 2.57 bits per heavy atom. The van der Waals surface area contributed by atoms with Crippen LogP contribution >= 0.6 is 0 Å². The Bertz CT molecular complexity index is 241. The largest absolute Gasteiger partial charge is 0.356 e. The molecule has 0 radical (unpaired) electrons. The summed E-state index contributed by atoms with van der Waals surface area (Å²) < 4.78 is 31.7. The highest BCUT2D eigenvalue weighted by Crippen LogP contribution is 2.29. The van der Waals surface area contributed by atoms with Crippen molar-refractivity contribution in [2.45, 2.75) is 38.3 Å². The predicted molar refractivity (Wildman–Crippen MR) is 47.0 cm³/mol. The van der Waals surface area contributed by atoms with Crippen molar-refractivity contribution in [1.29, 1.82) is 0 Å². The average Bonchev–Trinajstić information content (AvgIpc) is 2.09. The highest BCUT2D eigenvalue weighted by atomic mass is 19.3. The number of hydrogen-bond acceptors (Lipinski definition) is 2. The van der Waals surface area contributed by atoms with Crippen LogP contribution in [0.3, 0.4) is 0 Å². The number of ether oxygens (including phenoxy) is 1. The first-order valence-electron chi connectivity index (χ1n) is 4.57. The van der Waals surface area contributed by atoms with Gasteiger partial charge in [0.2, 0.25) is 0 Å². The summed E-state index contributed by atoms with van der Waals surface area (Å²) in [6, 6.07) is 0. The third-order valence-electron chi connectivity index (χ3n) is 2.52. The fraction of sp³-hybridized carbons (Fsp3) is 0.889. The molecule has 0 aromatic rings. The van der Waals surface area contributed by atoms with Gasteiger partial charge in [0.1, 0.15) is 5.72 Å². The van der Waals surface area contributed by atoms with E-state index in [1.165, 1.54) is 7.05 Å². The van der Waals surface area contributed by atoms with Gasteiger partial charge in [-0.15, -0.1) is 0 Å². The first-order valence-corrected chi connectivity index (χ1v) is 4.57. The molecule has 0 aromatic carbocycles. The van der Waals surface area contributed by atoms with Crippen molar-refractivity contribution < 1.29 is 18.3 Å². The number of halogens is 2. The molecule has 1 rings (SSSR count). The van der Waals surface area contributed by atoms with Crippen LogP contribution in [0.15, 0.2) is 0 Å². The van der Waals surface area contributed by atoms with E-state index in [1.807, 2.05) is 0 Å². The van der Waals surface area contributed by atoms with Crippen molar-refractivity contribution in [3.63, 3.8) is 0 Å². The molecule has 0 bridgehead atoms. The molecular formula is C9H15F2NO2. The van der Waals surface area contributed by atoms with Crippen molar-refractivity contribution in [3.05, 3.63) is 0 Å². The Morgan fingerprint density at radius 1 is 1.43 bits per heavy atom. The predicted octanol–water partition coefficient (Wildman–Crippen LogP) is 1.63. The van der Waals surface area contributed by atoms with Crippen LogP contribution in [0.5, 0.6) is 0 Å². The SMILES string of the molecule is CN1C(=O)C(F)(F)CCCOC1(C)C. The lowest BCUT2D eigenvalue weighted by Crippen LogP contribution is -2.54. The van der Waals surface area contributed by atoms with Crippen LogP contribution in [-0.2, 0) is 9.53 Å². The van der Waals surface area contributed by atoms with Crippen molar-refractivity contribution in [2.24, 2.45) is 0 Å². The van der Waals surface area contributed by atoms with Gasteiger partial charge >= 0.3 is 5.92 Å². The van der Waals surface area contributed by atoms with Gasteiger partial charge in [0.15, 0.2) is 0 Å². The number of carbonyl (C=O) groups excluding carboxylic acids is 1. The fourth-order valence-corrected chi connectivity index (χ4v) is 1.31. The molecule has 1 amide bonds. The van der Waals surface area contributed by atoms with E-state index >= 15 is 0 Å². The average molecular weight is 207 g/mol. The first kappa shape index (κ1) is 11.4. The highest BCUT2D eigenvalue weighted by Gasteiger charge is 2.46. The summed E-state index contributed by atoms with van der Waals surface area (Å²) in [4.78, 5) is 12.3. The minimum atomic E-state index is -3.25. The summed E-state index contributed by atoms with van der Waals surface area (Å²) in [5, 5.41) is 0. The molecular weight excluding hydrogens is 192 g/mol. The number of hydrogen-bond donors (Lipinski definition) is 0. The van der Waals surface area contributed by atoms with Gasteiger partial charge in [0, 0.05) is 20.1 Å². The molecule has 1 saturated heterocycles. The van der Waals surface area contributed by atoms with Gasteiger partial charge < -0.3 is 9.64 Å². The lowest BCUT2D eigenvalue weighted by atomic mass is 10.1. The van der Waals surface area contributed by atoms with Crippen LogP contribution < -0.4 is 0 Å². The van der Waals surface area contributed by atoms with E-state index in [0.717, 1.165) is 4.90 Å². The lowest BCUT2D eigenvalue weighted by molar-refractivity contribution is -0.193. The molecule has 0 spiro atoms. The first-order chi connectivity index (χ1) is 6.27. The molecule has 0 aromatic heterocycles. The van der Waals surface area contributed by atoms with Crippen LogP contribution in [0.25, 0.3) is 0 Å². The highest BCUT2D eigenvalue weighted by molar-refractivity contribution is 5.83. The molecule has 1 aliphatic rings. The van der Waals surface area contributed by atoms with Gasteiger partial charge in [-0.05, 0) is 20.3 Å². The van der Waals surface area contributed by atoms with Gasteiger partial charge in [0.05, 0.1) is 0 Å². The number of alkyl halides is 2. The molecule has 5 heteroatoms. The molecule has 1 fully saturated rings. The summed E-state index contributed by atoms with van der Waals surface area (Å²) in [6.07, 6.45) is -0.234. The van der Waals surface area contributed by atoms with Gasteiger partial charge in [-0.25, -0.2) is 0 Å². The van der Waals surface area contributed by atoms with Crippen molar-refractivity contribution in [3.8, 4) is 0 Å². The monoisotopic (exact) mass is 207 g/mol. The van der Waals surface area contributed by atoms with E-state index in [2.05, 4.69) is 0 Å². The molecule has 1 heterocycles. The van der Waals surface area contributed by atoms with Crippen LogP contribution in [-0.4, -0.2) is 36.1 Å². The van der Waals surface area contributed by atoms with E-state index < -0.39 is 24.0 Å². The van der Waals surface area contributed by atoms with E-state index in [9.17, 15) is 13.6 Å². The molecule has 0 aliphatic carbocycles.